The van der Waals surface area contributed by atoms with Crippen molar-refractivity contribution in [3.05, 3.63) is 70.7 Å². The van der Waals surface area contributed by atoms with E-state index in [0.717, 1.165) is 16.7 Å². The van der Waals surface area contributed by atoms with Crippen molar-refractivity contribution in [2.45, 2.75) is 6.42 Å². The molecule has 0 aliphatic carbocycles. The van der Waals surface area contributed by atoms with Gasteiger partial charge in [0.2, 0.25) is 5.39 Å². The number of benzene rings is 2. The highest BCUT2D eigenvalue weighted by Gasteiger charge is 2.20. The molecule has 28 heavy (non-hydrogen) atoms. The van der Waals surface area contributed by atoms with Crippen molar-refractivity contribution in [2.75, 3.05) is 32.2 Å². The number of anilines is 1. The first-order valence-corrected chi connectivity index (χ1v) is 8.70. The Morgan fingerprint density at radius 3 is 2.64 bits per heavy atom. The first-order valence-electron chi connectivity index (χ1n) is 8.70. The Hall–Kier alpha value is -3.73. The Morgan fingerprint density at radius 1 is 1.21 bits per heavy atom. The Kier molecular flexibility index (Phi) is 5.97. The van der Waals surface area contributed by atoms with E-state index >= 15 is 0 Å². The van der Waals surface area contributed by atoms with Gasteiger partial charge in [-0.1, -0.05) is 24.3 Å². The van der Waals surface area contributed by atoms with Gasteiger partial charge in [-0.15, -0.1) is 0 Å². The maximum absolute atomic E-state index is 9.50. The monoisotopic (exact) mass is 381 g/mol. The van der Waals surface area contributed by atoms with Gasteiger partial charge in [-0.25, -0.2) is 0 Å². The number of hydrogen-bond acceptors (Lipinski definition) is 7. The molecule has 144 valence electrons. The molecule has 0 saturated carbocycles. The predicted molar refractivity (Wildman–Crippen MR) is 105 cm³/mol. The van der Waals surface area contributed by atoms with Crippen LogP contribution in [0.15, 0.2) is 64.6 Å². The summed E-state index contributed by atoms with van der Waals surface area (Å²) in [5.41, 5.74) is 2.47. The molecule has 1 heterocycles. The maximum Gasteiger partial charge on any atom is 0.444 e. The average molecular weight is 381 g/mol. The molecule has 0 saturated heterocycles. The fourth-order valence-electron chi connectivity index (χ4n) is 2.59. The van der Waals surface area contributed by atoms with Crippen LogP contribution in [-0.2, 0) is 11.2 Å². The molecular weight excluding hydrogens is 360 g/mol. The van der Waals surface area contributed by atoms with Gasteiger partial charge in [0.25, 0.3) is 6.01 Å². The molecule has 0 spiro atoms. The molecule has 2 aromatic carbocycles. The zero-order chi connectivity index (χ0) is 19.9. The van der Waals surface area contributed by atoms with Crippen LogP contribution in [0.4, 0.5) is 6.01 Å². The van der Waals surface area contributed by atoms with Crippen LogP contribution in [0.25, 0.3) is 16.1 Å². The lowest BCUT2D eigenvalue weighted by Crippen LogP contribution is -2.23. The zero-order valence-corrected chi connectivity index (χ0v) is 15.7. The Bertz CT molecular complexity index is 972. The molecule has 0 radical (unpaired) electrons. The van der Waals surface area contributed by atoms with Crippen molar-refractivity contribution in [3.63, 3.8) is 0 Å². The number of allylic oxidation sites excluding steroid dienone is 1. The summed E-state index contributed by atoms with van der Waals surface area (Å²) >= 11 is 0. The number of fused-ring (bicyclic) bond motifs is 1. The van der Waals surface area contributed by atoms with E-state index in [1.807, 2.05) is 60.5 Å². The van der Waals surface area contributed by atoms with Crippen molar-refractivity contribution in [3.8, 4) is 5.75 Å². The summed E-state index contributed by atoms with van der Waals surface area (Å²) in [6.45, 7) is 1.06. The van der Waals surface area contributed by atoms with Crippen LogP contribution < -0.4 is 9.64 Å². The number of para-hydroxylation sites is 2. The lowest BCUT2D eigenvalue weighted by molar-refractivity contribution is 0.131. The second-order valence-corrected chi connectivity index (χ2v) is 6.11. The van der Waals surface area contributed by atoms with Crippen LogP contribution in [-0.4, -0.2) is 37.4 Å². The molecule has 8 nitrogen and oxygen atoms in total. The highest BCUT2D eigenvalue weighted by atomic mass is 16.6. The summed E-state index contributed by atoms with van der Waals surface area (Å²) in [5, 5.41) is 18.4. The van der Waals surface area contributed by atoms with Gasteiger partial charge < -0.3 is 23.9 Å². The molecule has 0 atom stereocenters. The SMILES string of the molecule is CO/C(O)=C(/Cc1ccc(OCCN(C)c2nc3ccccc3o2)cc1)[N+]#N. The van der Waals surface area contributed by atoms with Crippen LogP contribution >= 0.6 is 0 Å². The number of methoxy groups -OCH3 is 1. The summed E-state index contributed by atoms with van der Waals surface area (Å²) in [5.74, 6) is 0.294. The van der Waals surface area contributed by atoms with Gasteiger partial charge in [-0.3, -0.25) is 0 Å². The number of oxazole rings is 1. The lowest BCUT2D eigenvalue weighted by Gasteiger charge is -2.14. The van der Waals surface area contributed by atoms with E-state index in [1.54, 1.807) is 0 Å². The molecule has 0 aliphatic rings. The number of likely N-dealkylation sites (N-methyl/N-ethyl adjacent to an activating group) is 1. The van der Waals surface area contributed by atoms with Crippen LogP contribution in [0.2, 0.25) is 0 Å². The van der Waals surface area contributed by atoms with Gasteiger partial charge in [-0.2, -0.15) is 4.98 Å². The summed E-state index contributed by atoms with van der Waals surface area (Å²) < 4.78 is 16.1. The van der Waals surface area contributed by atoms with Crippen LogP contribution in [0.5, 0.6) is 5.75 Å². The van der Waals surface area contributed by atoms with E-state index in [9.17, 15) is 5.11 Å². The molecule has 0 fully saturated rings. The van der Waals surface area contributed by atoms with Gasteiger partial charge in [0.05, 0.1) is 20.1 Å². The number of aromatic nitrogens is 1. The number of aliphatic hydroxyl groups excluding tert-OH is 1. The molecule has 0 aliphatic heterocycles. The fraction of sp³-hybridized carbons (Fsp3) is 0.250. The highest BCUT2D eigenvalue weighted by Crippen LogP contribution is 2.21. The maximum atomic E-state index is 9.50. The smallest absolute Gasteiger partial charge is 0.444 e. The van der Waals surface area contributed by atoms with E-state index in [4.69, 9.17) is 14.5 Å². The van der Waals surface area contributed by atoms with Gasteiger partial charge in [-0.05, 0) is 29.8 Å². The van der Waals surface area contributed by atoms with E-state index in [1.165, 1.54) is 7.11 Å². The third-order valence-electron chi connectivity index (χ3n) is 4.16. The van der Waals surface area contributed by atoms with Gasteiger partial charge >= 0.3 is 11.6 Å². The first kappa shape index (κ1) is 19.0. The number of ether oxygens (including phenoxy) is 2. The topological polar surface area (TPSA) is 96.1 Å². The molecule has 1 N–H and O–H groups in total. The van der Waals surface area contributed by atoms with Gasteiger partial charge in [0.15, 0.2) is 10.6 Å². The van der Waals surface area contributed by atoms with Crippen molar-refractivity contribution in [2.24, 2.45) is 0 Å². The largest absolute Gasteiger partial charge is 0.492 e. The summed E-state index contributed by atoms with van der Waals surface area (Å²) in [4.78, 5) is 9.38. The standard InChI is InChI=1S/C20H20N4O4/c1-24(20-22-16-5-3-4-6-18(16)28-20)11-12-27-15-9-7-14(8-10-15)13-17(23-21)19(25)26-2/h3-10H,11-13H2,1-2H3/p+1/b19-17-. The quantitative estimate of drug-likeness (QED) is 0.463. The van der Waals surface area contributed by atoms with E-state index in [0.29, 0.717) is 24.9 Å². The normalized spacial score (nSPS) is 11.6. The second-order valence-electron chi connectivity index (χ2n) is 6.11. The van der Waals surface area contributed by atoms with E-state index in [2.05, 4.69) is 14.7 Å². The number of hydrogen-bond donors (Lipinski definition) is 1. The molecular formula is C20H21N4O4+. The highest BCUT2D eigenvalue weighted by molar-refractivity contribution is 5.74. The molecule has 0 unspecified atom stereocenters. The first-order chi connectivity index (χ1) is 13.6. The third kappa shape index (κ3) is 4.51. The molecule has 0 bridgehead atoms. The number of rotatable bonds is 8. The average Bonchev–Trinajstić information content (AvgIpc) is 3.17. The minimum atomic E-state index is -0.412. The van der Waals surface area contributed by atoms with Gasteiger partial charge in [0.1, 0.15) is 17.9 Å². The van der Waals surface area contributed by atoms with Crippen molar-refractivity contribution < 1.29 is 19.0 Å². The van der Waals surface area contributed by atoms with Crippen molar-refractivity contribution in [1.29, 1.82) is 5.39 Å². The summed E-state index contributed by atoms with van der Waals surface area (Å²) in [6, 6.07) is 15.5. The van der Waals surface area contributed by atoms with E-state index in [-0.39, 0.29) is 12.1 Å². The molecule has 8 heteroatoms. The fourth-order valence-corrected chi connectivity index (χ4v) is 2.59. The number of nitrogens with zero attached hydrogens (tertiary/aromatic N) is 4. The minimum Gasteiger partial charge on any atom is -0.492 e. The van der Waals surface area contributed by atoms with Crippen molar-refractivity contribution in [1.82, 2.24) is 4.98 Å². The van der Waals surface area contributed by atoms with Crippen LogP contribution in [0.3, 0.4) is 0 Å². The lowest BCUT2D eigenvalue weighted by atomic mass is 10.1. The number of diazo groups is 1. The van der Waals surface area contributed by atoms with E-state index < -0.39 is 5.95 Å². The summed E-state index contributed by atoms with van der Waals surface area (Å²) in [6.07, 6.45) is 0.233. The minimum absolute atomic E-state index is 0.0520. The van der Waals surface area contributed by atoms with Crippen LogP contribution in [0, 0.1) is 5.39 Å². The summed E-state index contributed by atoms with van der Waals surface area (Å²) in [7, 11) is 3.20. The Balaban J connectivity index is 1.53. The molecule has 3 aromatic rings. The third-order valence-corrected chi connectivity index (χ3v) is 4.16. The molecule has 3 rings (SSSR count). The molecule has 0 amide bonds. The predicted octanol–water partition coefficient (Wildman–Crippen LogP) is 4.11. The van der Waals surface area contributed by atoms with Gasteiger partial charge in [0, 0.05) is 7.05 Å². The molecule has 1 aromatic heterocycles. The zero-order valence-electron chi connectivity index (χ0n) is 15.7. The Morgan fingerprint density at radius 2 is 1.96 bits per heavy atom. The van der Waals surface area contributed by atoms with Crippen LogP contribution in [0.1, 0.15) is 5.56 Å². The second kappa shape index (κ2) is 8.77. The number of aliphatic hydroxyl groups is 1. The Labute approximate surface area is 162 Å². The van der Waals surface area contributed by atoms with Crippen molar-refractivity contribution >= 4 is 17.1 Å².